The zero-order valence-electron chi connectivity index (χ0n) is 15.0. The predicted octanol–water partition coefficient (Wildman–Crippen LogP) is 2.39. The Balaban J connectivity index is 1.36. The summed E-state index contributed by atoms with van der Waals surface area (Å²) in [4.78, 5) is 21.5. The van der Waals surface area contributed by atoms with Gasteiger partial charge in [0.15, 0.2) is 0 Å². The van der Waals surface area contributed by atoms with Gasteiger partial charge in [-0.2, -0.15) is 0 Å². The fraction of sp³-hybridized carbons (Fsp3) is 0.684. The number of amides is 2. The van der Waals surface area contributed by atoms with Crippen molar-refractivity contribution in [1.29, 1.82) is 0 Å². The van der Waals surface area contributed by atoms with Crippen molar-refractivity contribution in [2.24, 2.45) is 5.92 Å². The average molecular weight is 344 g/mol. The zero-order chi connectivity index (χ0) is 17.2. The Bertz CT molecular complexity index is 609. The Hall–Kier alpha value is -1.82. The molecule has 136 valence electrons. The van der Waals surface area contributed by atoms with Crippen LogP contribution >= 0.6 is 0 Å². The van der Waals surface area contributed by atoms with Crippen LogP contribution in [0.25, 0.3) is 0 Å². The summed E-state index contributed by atoms with van der Waals surface area (Å²) in [5.74, 6) is 1.68. The van der Waals surface area contributed by atoms with E-state index in [1.54, 1.807) is 0 Å². The number of urea groups is 1. The molecule has 2 saturated carbocycles. The number of hydrogen-bond acceptors (Lipinski definition) is 4. The Kier molecular flexibility index (Phi) is 4.79. The third-order valence-corrected chi connectivity index (χ3v) is 5.51. The second-order valence-corrected chi connectivity index (χ2v) is 7.50. The first-order valence-electron chi connectivity index (χ1n) is 9.56. The molecule has 4 rings (SSSR count). The van der Waals surface area contributed by atoms with Crippen LogP contribution in [0.15, 0.2) is 18.3 Å². The van der Waals surface area contributed by atoms with E-state index < -0.39 is 0 Å². The molecule has 0 spiro atoms. The van der Waals surface area contributed by atoms with Gasteiger partial charge in [0.05, 0.1) is 13.2 Å². The molecule has 1 N–H and O–H groups in total. The highest BCUT2D eigenvalue weighted by molar-refractivity contribution is 5.75. The van der Waals surface area contributed by atoms with E-state index in [1.165, 1.54) is 12.8 Å². The molecular formula is C19H28N4O2. The van der Waals surface area contributed by atoms with Crippen molar-refractivity contribution in [2.75, 3.05) is 31.2 Å². The van der Waals surface area contributed by atoms with Crippen LogP contribution in [0.1, 0.15) is 38.2 Å². The maximum absolute atomic E-state index is 12.7. The molecule has 3 fully saturated rings. The summed E-state index contributed by atoms with van der Waals surface area (Å²) < 4.78 is 5.40. The van der Waals surface area contributed by atoms with Gasteiger partial charge in [0.2, 0.25) is 0 Å². The van der Waals surface area contributed by atoms with Gasteiger partial charge >= 0.3 is 6.03 Å². The number of nitrogens with one attached hydrogen (secondary N) is 1. The molecule has 1 aromatic heterocycles. The first-order chi connectivity index (χ1) is 12.2. The van der Waals surface area contributed by atoms with Crippen LogP contribution in [-0.2, 0) is 11.3 Å². The fourth-order valence-electron chi connectivity index (χ4n) is 3.65. The van der Waals surface area contributed by atoms with E-state index in [9.17, 15) is 4.79 Å². The van der Waals surface area contributed by atoms with Crippen LogP contribution < -0.4 is 10.2 Å². The molecule has 1 saturated heterocycles. The summed E-state index contributed by atoms with van der Waals surface area (Å²) in [6.07, 6.45) is 6.68. The number of carbonyl (C=O) groups is 1. The molecule has 2 aliphatic carbocycles. The second-order valence-electron chi connectivity index (χ2n) is 7.50. The smallest absolute Gasteiger partial charge is 0.318 e. The number of nitrogens with zero attached hydrogens (tertiary/aromatic N) is 3. The SMILES string of the molecule is C[C@H](C1CC1)N(C(=O)NCc1ccnc(N2CCOCC2)c1)C1CC1. The molecular weight excluding hydrogens is 316 g/mol. The largest absolute Gasteiger partial charge is 0.378 e. The molecule has 3 aliphatic rings. The number of aromatic nitrogens is 1. The van der Waals surface area contributed by atoms with Gasteiger partial charge < -0.3 is 19.9 Å². The lowest BCUT2D eigenvalue weighted by Gasteiger charge is -2.30. The minimum atomic E-state index is 0.0895. The maximum Gasteiger partial charge on any atom is 0.318 e. The van der Waals surface area contributed by atoms with Gasteiger partial charge in [-0.15, -0.1) is 0 Å². The Morgan fingerprint density at radius 1 is 1.36 bits per heavy atom. The molecule has 2 amide bonds. The molecule has 1 aromatic rings. The summed E-state index contributed by atoms with van der Waals surface area (Å²) in [5, 5.41) is 3.13. The average Bonchev–Trinajstić information content (AvgIpc) is 3.54. The van der Waals surface area contributed by atoms with Crippen molar-refractivity contribution in [3.8, 4) is 0 Å². The molecule has 0 radical (unpaired) electrons. The molecule has 25 heavy (non-hydrogen) atoms. The molecule has 6 heteroatoms. The van der Waals surface area contributed by atoms with Crippen molar-refractivity contribution < 1.29 is 9.53 Å². The molecule has 0 aromatic carbocycles. The molecule has 1 aliphatic heterocycles. The van der Waals surface area contributed by atoms with Crippen molar-refractivity contribution >= 4 is 11.8 Å². The summed E-state index contributed by atoms with van der Waals surface area (Å²) >= 11 is 0. The maximum atomic E-state index is 12.7. The van der Waals surface area contributed by atoms with E-state index >= 15 is 0 Å². The first-order valence-corrected chi connectivity index (χ1v) is 9.56. The number of anilines is 1. The summed E-state index contributed by atoms with van der Waals surface area (Å²) in [6, 6.07) is 4.98. The van der Waals surface area contributed by atoms with Crippen molar-refractivity contribution in [1.82, 2.24) is 15.2 Å². The van der Waals surface area contributed by atoms with Gasteiger partial charge in [-0.05, 0) is 56.2 Å². The quantitative estimate of drug-likeness (QED) is 0.861. The van der Waals surface area contributed by atoms with Crippen LogP contribution in [0.4, 0.5) is 10.6 Å². The van der Waals surface area contributed by atoms with Gasteiger partial charge in [-0.1, -0.05) is 0 Å². The van der Waals surface area contributed by atoms with Gasteiger partial charge in [-0.25, -0.2) is 9.78 Å². The topological polar surface area (TPSA) is 57.7 Å². The van der Waals surface area contributed by atoms with Crippen LogP contribution in [-0.4, -0.2) is 54.3 Å². The summed E-state index contributed by atoms with van der Waals surface area (Å²) in [5.41, 5.74) is 1.10. The minimum absolute atomic E-state index is 0.0895. The van der Waals surface area contributed by atoms with E-state index in [0.717, 1.165) is 50.5 Å². The van der Waals surface area contributed by atoms with Crippen LogP contribution in [0.3, 0.4) is 0 Å². The van der Waals surface area contributed by atoms with E-state index in [0.29, 0.717) is 24.5 Å². The Morgan fingerprint density at radius 2 is 2.12 bits per heavy atom. The standard InChI is InChI=1S/C19H28N4O2/c1-14(16-2-3-16)23(17-4-5-17)19(24)21-13-15-6-7-20-18(12-15)22-8-10-25-11-9-22/h6-7,12,14,16-17H,2-5,8-11,13H2,1H3,(H,21,24)/t14-/m1/s1. The van der Waals surface area contributed by atoms with E-state index in [-0.39, 0.29) is 6.03 Å². The third-order valence-electron chi connectivity index (χ3n) is 5.51. The third kappa shape index (κ3) is 4.06. The van der Waals surface area contributed by atoms with E-state index in [2.05, 4.69) is 33.1 Å². The number of ether oxygens (including phenoxy) is 1. The highest BCUT2D eigenvalue weighted by Crippen LogP contribution is 2.39. The number of hydrogen-bond donors (Lipinski definition) is 1. The van der Waals surface area contributed by atoms with E-state index in [4.69, 9.17) is 4.74 Å². The van der Waals surface area contributed by atoms with E-state index in [1.807, 2.05) is 12.3 Å². The van der Waals surface area contributed by atoms with Crippen molar-refractivity contribution in [3.63, 3.8) is 0 Å². The summed E-state index contributed by atoms with van der Waals surface area (Å²) in [7, 11) is 0. The second kappa shape index (κ2) is 7.20. The number of pyridine rings is 1. The highest BCUT2D eigenvalue weighted by atomic mass is 16.5. The zero-order valence-corrected chi connectivity index (χ0v) is 15.0. The van der Waals surface area contributed by atoms with Crippen LogP contribution in [0.2, 0.25) is 0 Å². The molecule has 6 nitrogen and oxygen atoms in total. The van der Waals surface area contributed by atoms with Gasteiger partial charge in [0.25, 0.3) is 0 Å². The fourth-order valence-corrected chi connectivity index (χ4v) is 3.65. The number of carbonyl (C=O) groups excluding carboxylic acids is 1. The minimum Gasteiger partial charge on any atom is -0.378 e. The normalized spacial score (nSPS) is 21.7. The molecule has 1 atom stereocenters. The van der Waals surface area contributed by atoms with Gasteiger partial charge in [0.1, 0.15) is 5.82 Å². The summed E-state index contributed by atoms with van der Waals surface area (Å²) in [6.45, 7) is 6.00. The number of morpholine rings is 1. The monoisotopic (exact) mass is 344 g/mol. The van der Waals surface area contributed by atoms with Crippen molar-refractivity contribution in [3.05, 3.63) is 23.9 Å². The molecule has 0 bridgehead atoms. The Morgan fingerprint density at radius 3 is 2.80 bits per heavy atom. The van der Waals surface area contributed by atoms with Crippen LogP contribution in [0.5, 0.6) is 0 Å². The van der Waals surface area contributed by atoms with Gasteiger partial charge in [0, 0.05) is 37.9 Å². The molecule has 0 unspecified atom stereocenters. The van der Waals surface area contributed by atoms with Crippen molar-refractivity contribution in [2.45, 2.75) is 51.2 Å². The Labute approximate surface area is 149 Å². The number of rotatable bonds is 6. The lowest BCUT2D eigenvalue weighted by molar-refractivity contribution is 0.122. The van der Waals surface area contributed by atoms with Gasteiger partial charge in [-0.3, -0.25) is 0 Å². The first kappa shape index (κ1) is 16.6. The molecule has 2 heterocycles. The lowest BCUT2D eigenvalue weighted by Crippen LogP contribution is -2.47. The highest BCUT2D eigenvalue weighted by Gasteiger charge is 2.41. The lowest BCUT2D eigenvalue weighted by atomic mass is 10.2. The van der Waals surface area contributed by atoms with Crippen LogP contribution in [0, 0.1) is 5.92 Å². The predicted molar refractivity (Wildman–Crippen MR) is 96.6 cm³/mol.